The van der Waals surface area contributed by atoms with Crippen LogP contribution >= 0.6 is 0 Å². The van der Waals surface area contributed by atoms with E-state index < -0.39 is 18.0 Å². The van der Waals surface area contributed by atoms with Crippen LogP contribution in [0.3, 0.4) is 0 Å². The molecule has 1 aliphatic rings. The van der Waals surface area contributed by atoms with Gasteiger partial charge in [0.1, 0.15) is 6.04 Å². The summed E-state index contributed by atoms with van der Waals surface area (Å²) >= 11 is 0. The number of hydrogen-bond donors (Lipinski definition) is 4. The molecule has 4 N–H and O–H groups in total. The Bertz CT molecular complexity index is 471. The van der Waals surface area contributed by atoms with E-state index in [4.69, 9.17) is 9.84 Å². The van der Waals surface area contributed by atoms with Crippen LogP contribution in [0.15, 0.2) is 12.5 Å². The number of carboxylic acid groups (broad SMARTS) is 1. The molecule has 0 aliphatic heterocycles. The van der Waals surface area contributed by atoms with Gasteiger partial charge in [0.2, 0.25) is 0 Å². The highest BCUT2D eigenvalue weighted by Crippen LogP contribution is 2.22. The monoisotopic (exact) mass is 296 g/mol. The van der Waals surface area contributed by atoms with E-state index in [1.165, 1.54) is 12.5 Å². The van der Waals surface area contributed by atoms with Crippen LogP contribution in [-0.2, 0) is 16.0 Å². The summed E-state index contributed by atoms with van der Waals surface area (Å²) in [5, 5.41) is 14.4. The summed E-state index contributed by atoms with van der Waals surface area (Å²) in [5.41, 5.74) is 0.655. The van der Waals surface area contributed by atoms with Crippen LogP contribution in [0.5, 0.6) is 0 Å². The number of carboxylic acids is 1. The average Bonchev–Trinajstić information content (AvgIpc) is 2.88. The Morgan fingerprint density at radius 2 is 2.33 bits per heavy atom. The van der Waals surface area contributed by atoms with Crippen LogP contribution < -0.4 is 10.6 Å². The lowest BCUT2D eigenvalue weighted by Crippen LogP contribution is -2.54. The molecule has 0 spiro atoms. The minimum absolute atomic E-state index is 0.0446. The Kier molecular flexibility index (Phi) is 5.15. The van der Waals surface area contributed by atoms with Gasteiger partial charge in [0.05, 0.1) is 12.4 Å². The third-order valence-electron chi connectivity index (χ3n) is 3.41. The van der Waals surface area contributed by atoms with Gasteiger partial charge < -0.3 is 25.5 Å². The molecule has 8 heteroatoms. The second kappa shape index (κ2) is 7.07. The number of aromatic nitrogens is 2. The molecule has 0 saturated heterocycles. The van der Waals surface area contributed by atoms with Crippen molar-refractivity contribution in [1.29, 1.82) is 0 Å². The van der Waals surface area contributed by atoms with E-state index in [-0.39, 0.29) is 18.6 Å². The fraction of sp³-hybridized carbons (Fsp3) is 0.615. The van der Waals surface area contributed by atoms with Gasteiger partial charge in [0.15, 0.2) is 0 Å². The summed E-state index contributed by atoms with van der Waals surface area (Å²) in [6, 6.07) is -1.42. The van der Waals surface area contributed by atoms with E-state index in [9.17, 15) is 9.59 Å². The first kappa shape index (κ1) is 15.3. The van der Waals surface area contributed by atoms with Crippen molar-refractivity contribution in [1.82, 2.24) is 20.6 Å². The number of nitrogens with one attached hydrogen (secondary N) is 3. The summed E-state index contributed by atoms with van der Waals surface area (Å²) in [6.07, 6.45) is 4.89. The molecule has 0 unspecified atom stereocenters. The smallest absolute Gasteiger partial charge is 0.326 e. The predicted molar refractivity (Wildman–Crippen MR) is 73.8 cm³/mol. The Morgan fingerprint density at radius 3 is 2.90 bits per heavy atom. The highest BCUT2D eigenvalue weighted by Gasteiger charge is 2.31. The summed E-state index contributed by atoms with van der Waals surface area (Å²) in [4.78, 5) is 29.6. The summed E-state index contributed by atoms with van der Waals surface area (Å²) in [6.45, 7) is 2.59. The molecule has 1 atom stereocenters. The van der Waals surface area contributed by atoms with Crippen LogP contribution in [0, 0.1) is 0 Å². The molecule has 2 amide bonds. The number of nitrogens with zero attached hydrogens (tertiary/aromatic N) is 1. The van der Waals surface area contributed by atoms with Crippen molar-refractivity contribution in [2.24, 2.45) is 0 Å². The largest absolute Gasteiger partial charge is 0.480 e. The van der Waals surface area contributed by atoms with Crippen LogP contribution in [0.2, 0.25) is 0 Å². The SMILES string of the molecule is CCOC1CC(NC(=O)N[C@H](Cc2cnc[nH]2)C(=O)O)C1. The van der Waals surface area contributed by atoms with Crippen molar-refractivity contribution in [2.75, 3.05) is 6.61 Å². The van der Waals surface area contributed by atoms with Crippen molar-refractivity contribution >= 4 is 12.0 Å². The zero-order chi connectivity index (χ0) is 15.2. The maximum atomic E-state index is 11.8. The number of hydrogen-bond acceptors (Lipinski definition) is 4. The molecule has 1 heterocycles. The minimum Gasteiger partial charge on any atom is -0.480 e. The Morgan fingerprint density at radius 1 is 1.57 bits per heavy atom. The number of aliphatic carboxylic acids is 1. The molecule has 116 valence electrons. The summed E-state index contributed by atoms with van der Waals surface area (Å²) < 4.78 is 5.40. The fourth-order valence-corrected chi connectivity index (χ4v) is 2.26. The Hall–Kier alpha value is -2.09. The molecule has 0 aromatic carbocycles. The molecule has 0 bridgehead atoms. The van der Waals surface area contributed by atoms with Crippen molar-refractivity contribution in [3.05, 3.63) is 18.2 Å². The fourth-order valence-electron chi connectivity index (χ4n) is 2.26. The van der Waals surface area contributed by atoms with Gasteiger partial charge in [-0.25, -0.2) is 14.6 Å². The maximum Gasteiger partial charge on any atom is 0.326 e. The van der Waals surface area contributed by atoms with Crippen molar-refractivity contribution in [3.63, 3.8) is 0 Å². The number of carbonyl (C=O) groups is 2. The predicted octanol–water partition coefficient (Wildman–Crippen LogP) is 0.272. The van der Waals surface area contributed by atoms with Gasteiger partial charge >= 0.3 is 12.0 Å². The second-order valence-corrected chi connectivity index (χ2v) is 5.04. The number of H-pyrrole nitrogens is 1. The van der Waals surface area contributed by atoms with Crippen molar-refractivity contribution in [3.8, 4) is 0 Å². The summed E-state index contributed by atoms with van der Waals surface area (Å²) in [5.74, 6) is -1.08. The Balaban J connectivity index is 1.75. The molecular weight excluding hydrogens is 276 g/mol. The van der Waals surface area contributed by atoms with Crippen LogP contribution in [0.25, 0.3) is 0 Å². The molecule has 1 aromatic heterocycles. The van der Waals surface area contributed by atoms with E-state index in [0.29, 0.717) is 12.3 Å². The number of rotatable bonds is 7. The number of aromatic amines is 1. The topological polar surface area (TPSA) is 116 Å². The molecule has 1 aromatic rings. The number of urea groups is 1. The molecule has 1 aliphatic carbocycles. The summed E-state index contributed by atoms with van der Waals surface area (Å²) in [7, 11) is 0. The molecule has 1 saturated carbocycles. The van der Waals surface area contributed by atoms with Gasteiger partial charge in [-0.15, -0.1) is 0 Å². The molecular formula is C13H20N4O4. The highest BCUT2D eigenvalue weighted by molar-refractivity contribution is 5.82. The second-order valence-electron chi connectivity index (χ2n) is 5.04. The van der Waals surface area contributed by atoms with Gasteiger partial charge in [-0.1, -0.05) is 0 Å². The first-order valence-electron chi connectivity index (χ1n) is 6.97. The average molecular weight is 296 g/mol. The normalized spacial score (nSPS) is 22.1. The third kappa shape index (κ3) is 4.45. The maximum absolute atomic E-state index is 11.8. The van der Waals surface area contributed by atoms with Gasteiger partial charge in [-0.3, -0.25) is 0 Å². The van der Waals surface area contributed by atoms with Gasteiger partial charge in [0, 0.05) is 31.0 Å². The highest BCUT2D eigenvalue weighted by atomic mass is 16.5. The zero-order valence-electron chi connectivity index (χ0n) is 11.8. The van der Waals surface area contributed by atoms with Crippen LogP contribution in [-0.4, -0.2) is 51.9 Å². The molecule has 2 rings (SSSR count). The minimum atomic E-state index is -1.08. The molecule has 1 fully saturated rings. The lowest BCUT2D eigenvalue weighted by molar-refractivity contribution is -0.139. The van der Waals surface area contributed by atoms with E-state index in [2.05, 4.69) is 20.6 Å². The van der Waals surface area contributed by atoms with Gasteiger partial charge in [-0.05, 0) is 19.8 Å². The van der Waals surface area contributed by atoms with Crippen molar-refractivity contribution < 1.29 is 19.4 Å². The van der Waals surface area contributed by atoms with E-state index in [0.717, 1.165) is 12.8 Å². The quantitative estimate of drug-likeness (QED) is 0.576. The number of imidazole rings is 1. The van der Waals surface area contributed by atoms with E-state index in [1.807, 2.05) is 6.92 Å². The van der Waals surface area contributed by atoms with Crippen LogP contribution in [0.4, 0.5) is 4.79 Å². The first-order chi connectivity index (χ1) is 10.1. The molecule has 21 heavy (non-hydrogen) atoms. The van der Waals surface area contributed by atoms with E-state index in [1.54, 1.807) is 0 Å². The van der Waals surface area contributed by atoms with Crippen molar-refractivity contribution in [2.45, 2.75) is 44.4 Å². The third-order valence-corrected chi connectivity index (χ3v) is 3.41. The lowest BCUT2D eigenvalue weighted by Gasteiger charge is -2.35. The molecule has 0 radical (unpaired) electrons. The number of amides is 2. The standard InChI is InChI=1S/C13H20N4O4/c1-2-21-10-3-8(4-10)16-13(20)17-11(12(18)19)5-9-6-14-7-15-9/h6-8,10-11H,2-5H2,1H3,(H,14,15)(H,18,19)(H2,16,17,20)/t8?,10?,11-/m1/s1. The van der Waals surface area contributed by atoms with E-state index >= 15 is 0 Å². The first-order valence-corrected chi connectivity index (χ1v) is 6.97. The Labute approximate surface area is 122 Å². The number of ether oxygens (including phenoxy) is 1. The molecule has 8 nitrogen and oxygen atoms in total. The van der Waals surface area contributed by atoms with Gasteiger partial charge in [0.25, 0.3) is 0 Å². The van der Waals surface area contributed by atoms with Gasteiger partial charge in [-0.2, -0.15) is 0 Å². The van der Waals surface area contributed by atoms with Crippen LogP contribution in [0.1, 0.15) is 25.5 Å². The lowest BCUT2D eigenvalue weighted by atomic mass is 9.89. The zero-order valence-corrected chi connectivity index (χ0v) is 11.8. The number of carbonyl (C=O) groups excluding carboxylic acids is 1.